The Labute approximate surface area is 141 Å². The molecule has 0 aromatic heterocycles. The zero-order valence-electron chi connectivity index (χ0n) is 11.9. The topological polar surface area (TPSA) is 78.5 Å². The van der Waals surface area contributed by atoms with E-state index in [4.69, 9.17) is 0 Å². The summed E-state index contributed by atoms with van der Waals surface area (Å²) < 4.78 is 0.996. The van der Waals surface area contributed by atoms with Gasteiger partial charge in [0.1, 0.15) is 12.1 Å². The van der Waals surface area contributed by atoms with Gasteiger partial charge < -0.3 is 10.6 Å². The third-order valence-electron chi connectivity index (χ3n) is 4.11. The normalized spacial score (nSPS) is 19.6. The van der Waals surface area contributed by atoms with Gasteiger partial charge in [-0.15, -0.1) is 0 Å². The van der Waals surface area contributed by atoms with Gasteiger partial charge in [-0.2, -0.15) is 0 Å². The van der Waals surface area contributed by atoms with Crippen molar-refractivity contribution >= 4 is 46.1 Å². The Bertz CT molecular complexity index is 641. The highest BCUT2D eigenvalue weighted by Gasteiger charge is 2.52. The Kier molecular flexibility index (Phi) is 4.07. The lowest BCUT2D eigenvalue weighted by atomic mass is 9.98. The number of nitrogens with zero attached hydrogens (tertiary/aromatic N) is 1. The average Bonchev–Trinajstić information content (AvgIpc) is 3.01. The largest absolute Gasteiger partial charge is 0.325 e. The highest BCUT2D eigenvalue weighted by Crippen LogP contribution is 2.34. The molecule has 7 heteroatoms. The summed E-state index contributed by atoms with van der Waals surface area (Å²) in [5, 5.41) is 5.48. The van der Waals surface area contributed by atoms with Crippen molar-refractivity contribution in [3.05, 3.63) is 27.8 Å². The predicted octanol–water partition coefficient (Wildman–Crippen LogP) is 2.09. The number of amides is 4. The molecule has 4 amide bonds. The fourth-order valence-electron chi connectivity index (χ4n) is 3.05. The molecule has 0 unspecified atom stereocenters. The number of rotatable bonds is 3. The molecule has 1 heterocycles. The van der Waals surface area contributed by atoms with Crippen LogP contribution in [0.4, 0.5) is 10.5 Å². The van der Waals surface area contributed by atoms with Gasteiger partial charge in [-0.05, 0) is 53.6 Å². The SMILES string of the molecule is O=C(CN1C(=O)NC2(CCCC2)C1=O)Nc1cccc(I)c1. The van der Waals surface area contributed by atoms with Gasteiger partial charge in [0, 0.05) is 9.26 Å². The second kappa shape index (κ2) is 5.86. The monoisotopic (exact) mass is 413 g/mol. The van der Waals surface area contributed by atoms with E-state index in [2.05, 4.69) is 33.2 Å². The first-order valence-electron chi connectivity index (χ1n) is 7.20. The van der Waals surface area contributed by atoms with Crippen molar-refractivity contribution in [1.29, 1.82) is 0 Å². The van der Waals surface area contributed by atoms with Gasteiger partial charge in [0.25, 0.3) is 5.91 Å². The van der Waals surface area contributed by atoms with E-state index in [9.17, 15) is 14.4 Å². The maximum atomic E-state index is 12.4. The van der Waals surface area contributed by atoms with Gasteiger partial charge >= 0.3 is 6.03 Å². The van der Waals surface area contributed by atoms with Gasteiger partial charge in [-0.3, -0.25) is 14.5 Å². The molecule has 0 bridgehead atoms. The number of carbonyl (C=O) groups excluding carboxylic acids is 3. The van der Waals surface area contributed by atoms with Crippen molar-refractivity contribution in [2.75, 3.05) is 11.9 Å². The summed E-state index contributed by atoms with van der Waals surface area (Å²) in [6.45, 7) is -0.252. The Morgan fingerprint density at radius 3 is 2.73 bits per heavy atom. The molecule has 3 rings (SSSR count). The molecule has 1 saturated carbocycles. The van der Waals surface area contributed by atoms with E-state index in [-0.39, 0.29) is 18.4 Å². The van der Waals surface area contributed by atoms with Crippen LogP contribution in [0.3, 0.4) is 0 Å². The molecule has 1 aromatic rings. The smallest absolute Gasteiger partial charge is 0.324 e. The van der Waals surface area contributed by atoms with Crippen LogP contribution in [-0.4, -0.2) is 34.8 Å². The molecule has 2 aliphatic rings. The van der Waals surface area contributed by atoms with Crippen molar-refractivity contribution in [3.63, 3.8) is 0 Å². The van der Waals surface area contributed by atoms with E-state index in [1.165, 1.54) is 0 Å². The van der Waals surface area contributed by atoms with E-state index in [1.54, 1.807) is 6.07 Å². The average molecular weight is 413 g/mol. The molecule has 0 radical (unpaired) electrons. The van der Waals surface area contributed by atoms with Crippen molar-refractivity contribution in [3.8, 4) is 0 Å². The molecule has 6 nitrogen and oxygen atoms in total. The third-order valence-corrected chi connectivity index (χ3v) is 4.78. The number of hydrogen-bond donors (Lipinski definition) is 2. The summed E-state index contributed by atoms with van der Waals surface area (Å²) in [4.78, 5) is 37.6. The van der Waals surface area contributed by atoms with Crippen LogP contribution in [0.25, 0.3) is 0 Å². The number of anilines is 1. The fourth-order valence-corrected chi connectivity index (χ4v) is 3.59. The Morgan fingerprint density at radius 1 is 1.32 bits per heavy atom. The van der Waals surface area contributed by atoms with Gasteiger partial charge in [0.05, 0.1) is 0 Å². The summed E-state index contributed by atoms with van der Waals surface area (Å²) >= 11 is 2.15. The first kappa shape index (κ1) is 15.3. The number of hydrogen-bond acceptors (Lipinski definition) is 3. The number of nitrogens with one attached hydrogen (secondary N) is 2. The summed E-state index contributed by atoms with van der Waals surface area (Å²) in [6.07, 6.45) is 3.17. The summed E-state index contributed by atoms with van der Waals surface area (Å²) in [7, 11) is 0. The third kappa shape index (κ3) is 2.81. The van der Waals surface area contributed by atoms with Crippen molar-refractivity contribution in [2.45, 2.75) is 31.2 Å². The van der Waals surface area contributed by atoms with E-state index >= 15 is 0 Å². The number of halogens is 1. The van der Waals surface area contributed by atoms with E-state index in [1.807, 2.05) is 18.2 Å². The molecule has 1 spiro atoms. The minimum absolute atomic E-state index is 0.252. The second-order valence-electron chi connectivity index (χ2n) is 5.67. The maximum absolute atomic E-state index is 12.4. The van der Waals surface area contributed by atoms with Crippen LogP contribution < -0.4 is 10.6 Å². The quantitative estimate of drug-likeness (QED) is 0.589. The minimum atomic E-state index is -0.764. The van der Waals surface area contributed by atoms with E-state index in [0.717, 1.165) is 21.3 Å². The lowest BCUT2D eigenvalue weighted by Crippen LogP contribution is -2.44. The molecule has 1 saturated heterocycles. The molecule has 1 aromatic carbocycles. The first-order chi connectivity index (χ1) is 10.5. The molecule has 0 atom stereocenters. The van der Waals surface area contributed by atoms with Gasteiger partial charge in [-0.1, -0.05) is 18.9 Å². The van der Waals surface area contributed by atoms with Crippen molar-refractivity contribution in [2.24, 2.45) is 0 Å². The fraction of sp³-hybridized carbons (Fsp3) is 0.400. The number of benzene rings is 1. The summed E-state index contributed by atoms with van der Waals surface area (Å²) in [5.41, 5.74) is -0.112. The maximum Gasteiger partial charge on any atom is 0.325 e. The highest BCUT2D eigenvalue weighted by molar-refractivity contribution is 14.1. The van der Waals surface area contributed by atoms with Crippen LogP contribution >= 0.6 is 22.6 Å². The molecular weight excluding hydrogens is 397 g/mol. The van der Waals surface area contributed by atoms with Gasteiger partial charge in [-0.25, -0.2) is 4.79 Å². The molecule has 2 N–H and O–H groups in total. The second-order valence-corrected chi connectivity index (χ2v) is 6.91. The van der Waals surface area contributed by atoms with Crippen LogP contribution in [0.1, 0.15) is 25.7 Å². The number of imide groups is 1. The lowest BCUT2D eigenvalue weighted by Gasteiger charge is -2.19. The van der Waals surface area contributed by atoms with E-state index in [0.29, 0.717) is 18.5 Å². The van der Waals surface area contributed by atoms with Crippen LogP contribution in [0.15, 0.2) is 24.3 Å². The number of urea groups is 1. The summed E-state index contributed by atoms with van der Waals surface area (Å²) in [5.74, 6) is -0.645. The first-order valence-corrected chi connectivity index (χ1v) is 8.28. The molecule has 22 heavy (non-hydrogen) atoms. The Hall–Kier alpha value is -1.64. The number of carbonyl (C=O) groups is 3. The molecule has 1 aliphatic carbocycles. The van der Waals surface area contributed by atoms with Crippen LogP contribution in [-0.2, 0) is 9.59 Å². The zero-order valence-corrected chi connectivity index (χ0v) is 14.1. The lowest BCUT2D eigenvalue weighted by molar-refractivity contribution is -0.133. The van der Waals surface area contributed by atoms with Gasteiger partial charge in [0.2, 0.25) is 5.91 Å². The van der Waals surface area contributed by atoms with Crippen LogP contribution in [0.5, 0.6) is 0 Å². The summed E-state index contributed by atoms with van der Waals surface area (Å²) in [6, 6.07) is 6.87. The van der Waals surface area contributed by atoms with Crippen molar-refractivity contribution in [1.82, 2.24) is 10.2 Å². The highest BCUT2D eigenvalue weighted by atomic mass is 127. The Morgan fingerprint density at radius 2 is 2.05 bits per heavy atom. The molecule has 1 aliphatic heterocycles. The van der Waals surface area contributed by atoms with Crippen LogP contribution in [0, 0.1) is 3.57 Å². The zero-order chi connectivity index (χ0) is 15.7. The van der Waals surface area contributed by atoms with Gasteiger partial charge in [0.15, 0.2) is 0 Å². The molecule has 2 fully saturated rings. The Balaban J connectivity index is 1.66. The minimum Gasteiger partial charge on any atom is -0.324 e. The predicted molar refractivity (Wildman–Crippen MR) is 89.2 cm³/mol. The van der Waals surface area contributed by atoms with E-state index < -0.39 is 11.6 Å². The molecular formula is C15H16IN3O3. The standard InChI is InChI=1S/C15H16IN3O3/c16-10-4-3-5-11(8-10)17-12(20)9-19-13(21)15(18-14(19)22)6-1-2-7-15/h3-5,8H,1-2,6-7,9H2,(H,17,20)(H,18,22). The van der Waals surface area contributed by atoms with Crippen molar-refractivity contribution < 1.29 is 14.4 Å². The van der Waals surface area contributed by atoms with Crippen LogP contribution in [0.2, 0.25) is 0 Å². The molecule has 116 valence electrons.